The zero-order valence-electron chi connectivity index (χ0n) is 16.2. The monoisotopic (exact) mass is 375 g/mol. The van der Waals surface area contributed by atoms with Crippen molar-refractivity contribution in [1.29, 1.82) is 0 Å². The maximum Gasteiger partial charge on any atom is 0.225 e. The fourth-order valence-corrected chi connectivity index (χ4v) is 4.73. The smallest absolute Gasteiger partial charge is 0.225 e. The SMILES string of the molecule is Cn1c2c(c3ccccc31)C(=O)C(CN1CCN(c3ncccn3)CC1)CC2. The van der Waals surface area contributed by atoms with Crippen LogP contribution < -0.4 is 4.90 Å². The first-order valence-corrected chi connectivity index (χ1v) is 10.1. The van der Waals surface area contributed by atoms with E-state index in [1.807, 2.05) is 18.2 Å². The van der Waals surface area contributed by atoms with Crippen molar-refractivity contribution in [3.05, 3.63) is 54.0 Å². The molecule has 1 aromatic carbocycles. The summed E-state index contributed by atoms with van der Waals surface area (Å²) in [5.41, 5.74) is 3.33. The van der Waals surface area contributed by atoms with Gasteiger partial charge in [0.25, 0.3) is 0 Å². The molecule has 0 saturated carbocycles. The summed E-state index contributed by atoms with van der Waals surface area (Å²) in [5.74, 6) is 1.22. The first-order chi connectivity index (χ1) is 13.7. The van der Waals surface area contributed by atoms with Crippen molar-refractivity contribution >= 4 is 22.6 Å². The molecule has 6 heteroatoms. The lowest BCUT2D eigenvalue weighted by Gasteiger charge is -2.36. The molecule has 6 nitrogen and oxygen atoms in total. The second-order valence-corrected chi connectivity index (χ2v) is 7.83. The first-order valence-electron chi connectivity index (χ1n) is 10.1. The van der Waals surface area contributed by atoms with E-state index in [0.717, 1.165) is 68.0 Å². The van der Waals surface area contributed by atoms with Crippen LogP contribution >= 0.6 is 0 Å². The molecule has 0 amide bonds. The van der Waals surface area contributed by atoms with Crippen LogP contribution in [0.1, 0.15) is 22.5 Å². The van der Waals surface area contributed by atoms with Crippen LogP contribution in [0.2, 0.25) is 0 Å². The number of piperazine rings is 1. The normalized spacial score (nSPS) is 20.5. The summed E-state index contributed by atoms with van der Waals surface area (Å²) < 4.78 is 2.21. The summed E-state index contributed by atoms with van der Waals surface area (Å²) in [5, 5.41) is 1.11. The Morgan fingerprint density at radius 3 is 2.57 bits per heavy atom. The highest BCUT2D eigenvalue weighted by Gasteiger charge is 2.33. The molecule has 0 radical (unpaired) electrons. The highest BCUT2D eigenvalue weighted by molar-refractivity contribution is 6.11. The number of aromatic nitrogens is 3. The van der Waals surface area contributed by atoms with Gasteiger partial charge in [-0.2, -0.15) is 0 Å². The van der Waals surface area contributed by atoms with E-state index < -0.39 is 0 Å². The molecular formula is C22H25N5O. The third-order valence-corrected chi connectivity index (χ3v) is 6.26. The standard InChI is InChI=1S/C22H25N5O/c1-25-18-6-3-2-5-17(18)20-19(25)8-7-16(21(20)28)15-26-11-13-27(14-12-26)22-23-9-4-10-24-22/h2-6,9-10,16H,7-8,11-15H2,1H3. The van der Waals surface area contributed by atoms with Crippen LogP contribution in [-0.2, 0) is 13.5 Å². The molecule has 1 fully saturated rings. The van der Waals surface area contributed by atoms with Crippen LogP contribution in [0, 0.1) is 5.92 Å². The van der Waals surface area contributed by atoms with Gasteiger partial charge in [0.2, 0.25) is 5.95 Å². The Kier molecular flexibility index (Phi) is 4.36. The Morgan fingerprint density at radius 2 is 1.79 bits per heavy atom. The third-order valence-electron chi connectivity index (χ3n) is 6.26. The molecule has 1 aliphatic heterocycles. The summed E-state index contributed by atoms with van der Waals surface area (Å²) in [6, 6.07) is 10.1. The van der Waals surface area contributed by atoms with E-state index in [0.29, 0.717) is 5.78 Å². The highest BCUT2D eigenvalue weighted by Crippen LogP contribution is 2.34. The van der Waals surface area contributed by atoms with Crippen LogP contribution in [0.15, 0.2) is 42.7 Å². The van der Waals surface area contributed by atoms with Crippen molar-refractivity contribution in [2.24, 2.45) is 13.0 Å². The van der Waals surface area contributed by atoms with Crippen molar-refractivity contribution < 1.29 is 4.79 Å². The van der Waals surface area contributed by atoms with E-state index in [2.05, 4.69) is 43.5 Å². The van der Waals surface area contributed by atoms with Gasteiger partial charge in [-0.3, -0.25) is 9.69 Å². The van der Waals surface area contributed by atoms with Gasteiger partial charge in [-0.05, 0) is 25.0 Å². The molecule has 1 atom stereocenters. The molecule has 0 spiro atoms. The van der Waals surface area contributed by atoms with Crippen molar-refractivity contribution in [3.8, 4) is 0 Å². The van der Waals surface area contributed by atoms with Crippen molar-refractivity contribution in [1.82, 2.24) is 19.4 Å². The zero-order valence-corrected chi connectivity index (χ0v) is 16.2. The van der Waals surface area contributed by atoms with Crippen molar-refractivity contribution in [2.45, 2.75) is 12.8 Å². The predicted octanol–water partition coefficient (Wildman–Crippen LogP) is 2.54. The average Bonchev–Trinajstić information content (AvgIpc) is 3.04. The van der Waals surface area contributed by atoms with Gasteiger partial charge in [0.15, 0.2) is 5.78 Å². The van der Waals surface area contributed by atoms with E-state index >= 15 is 0 Å². The molecule has 0 N–H and O–H groups in total. The van der Waals surface area contributed by atoms with Gasteiger partial charge in [-0.25, -0.2) is 9.97 Å². The van der Waals surface area contributed by atoms with E-state index in [9.17, 15) is 4.79 Å². The van der Waals surface area contributed by atoms with Gasteiger partial charge >= 0.3 is 0 Å². The van der Waals surface area contributed by atoms with E-state index in [1.54, 1.807) is 12.4 Å². The lowest BCUT2D eigenvalue weighted by Crippen LogP contribution is -2.49. The minimum absolute atomic E-state index is 0.0952. The highest BCUT2D eigenvalue weighted by atomic mass is 16.1. The number of hydrogen-bond donors (Lipinski definition) is 0. The zero-order chi connectivity index (χ0) is 19.1. The van der Waals surface area contributed by atoms with Gasteiger partial charge < -0.3 is 9.47 Å². The molecule has 144 valence electrons. The van der Waals surface area contributed by atoms with Gasteiger partial charge in [-0.15, -0.1) is 0 Å². The minimum Gasteiger partial charge on any atom is -0.347 e. The molecule has 1 saturated heterocycles. The van der Waals surface area contributed by atoms with Gasteiger partial charge in [-0.1, -0.05) is 18.2 Å². The number of ketones is 1. The minimum atomic E-state index is 0.0952. The van der Waals surface area contributed by atoms with Crippen LogP contribution in [0.3, 0.4) is 0 Å². The van der Waals surface area contributed by atoms with Crippen molar-refractivity contribution in [3.63, 3.8) is 0 Å². The molecule has 3 heterocycles. The van der Waals surface area contributed by atoms with Crippen LogP contribution in [0.25, 0.3) is 10.9 Å². The number of Topliss-reactive ketones (excluding diaryl/α,β-unsaturated/α-hetero) is 1. The molecule has 28 heavy (non-hydrogen) atoms. The Hall–Kier alpha value is -2.73. The molecular weight excluding hydrogens is 350 g/mol. The molecule has 1 aliphatic carbocycles. The van der Waals surface area contributed by atoms with Crippen LogP contribution in [-0.4, -0.2) is 57.9 Å². The van der Waals surface area contributed by atoms with E-state index in [-0.39, 0.29) is 5.92 Å². The largest absolute Gasteiger partial charge is 0.347 e. The molecule has 1 unspecified atom stereocenters. The molecule has 2 aliphatic rings. The number of anilines is 1. The Morgan fingerprint density at radius 1 is 1.04 bits per heavy atom. The van der Waals surface area contributed by atoms with E-state index in [4.69, 9.17) is 0 Å². The summed E-state index contributed by atoms with van der Waals surface area (Å²) in [6.45, 7) is 4.56. The summed E-state index contributed by atoms with van der Waals surface area (Å²) in [7, 11) is 2.08. The average molecular weight is 375 g/mol. The molecule has 2 aromatic heterocycles. The molecule has 3 aromatic rings. The summed E-state index contributed by atoms with van der Waals surface area (Å²) >= 11 is 0. The Labute approximate surface area is 164 Å². The van der Waals surface area contributed by atoms with Crippen LogP contribution in [0.5, 0.6) is 0 Å². The second-order valence-electron chi connectivity index (χ2n) is 7.83. The Balaban J connectivity index is 1.29. The number of carbonyl (C=O) groups is 1. The number of carbonyl (C=O) groups excluding carboxylic acids is 1. The van der Waals surface area contributed by atoms with Crippen molar-refractivity contribution in [2.75, 3.05) is 37.6 Å². The van der Waals surface area contributed by atoms with Crippen LogP contribution in [0.4, 0.5) is 5.95 Å². The fraction of sp³-hybridized carbons (Fsp3) is 0.409. The molecule has 0 bridgehead atoms. The predicted molar refractivity (Wildman–Crippen MR) is 110 cm³/mol. The number of benzene rings is 1. The number of hydrogen-bond acceptors (Lipinski definition) is 5. The number of rotatable bonds is 3. The lowest BCUT2D eigenvalue weighted by molar-refractivity contribution is 0.0854. The number of nitrogens with zero attached hydrogens (tertiary/aromatic N) is 5. The summed E-state index contributed by atoms with van der Waals surface area (Å²) in [6.07, 6.45) is 5.50. The van der Waals surface area contributed by atoms with Gasteiger partial charge in [0.05, 0.1) is 0 Å². The quantitative estimate of drug-likeness (QED) is 0.704. The lowest BCUT2D eigenvalue weighted by atomic mass is 9.84. The maximum absolute atomic E-state index is 13.3. The third kappa shape index (κ3) is 2.88. The maximum atomic E-state index is 13.3. The second kappa shape index (κ2) is 7.02. The summed E-state index contributed by atoms with van der Waals surface area (Å²) in [4.78, 5) is 26.7. The number of para-hydroxylation sites is 1. The Bertz CT molecular complexity index is 1000. The van der Waals surface area contributed by atoms with E-state index in [1.165, 1.54) is 5.69 Å². The topological polar surface area (TPSA) is 54.3 Å². The van der Waals surface area contributed by atoms with Gasteiger partial charge in [0, 0.05) is 80.2 Å². The van der Waals surface area contributed by atoms with Gasteiger partial charge in [0.1, 0.15) is 0 Å². The number of aryl methyl sites for hydroxylation is 1. The number of fused-ring (bicyclic) bond motifs is 3. The fourth-order valence-electron chi connectivity index (χ4n) is 4.73. The molecule has 5 rings (SSSR count). The first kappa shape index (κ1) is 17.4.